The smallest absolute Gasteiger partial charge is 0.0712 e. The fourth-order valence-electron chi connectivity index (χ4n) is 2.33. The van der Waals surface area contributed by atoms with Gasteiger partial charge in [-0.15, -0.1) is 0 Å². The standard InChI is InChI=1S/C15H16N4/c1-11-6-7-12(9-17-11)15(16-2)13-10-18-19-8-4-3-5-14(13)19/h3-10,15-16H,1-2H3. The Kier molecular flexibility index (Phi) is 3.01. The van der Waals surface area contributed by atoms with Gasteiger partial charge >= 0.3 is 0 Å². The molecule has 96 valence electrons. The summed E-state index contributed by atoms with van der Waals surface area (Å²) in [5.41, 5.74) is 4.45. The molecule has 0 fully saturated rings. The highest BCUT2D eigenvalue weighted by Crippen LogP contribution is 2.24. The van der Waals surface area contributed by atoms with Crippen LogP contribution in [0.3, 0.4) is 0 Å². The molecule has 0 aromatic carbocycles. The van der Waals surface area contributed by atoms with Gasteiger partial charge in [-0.25, -0.2) is 4.52 Å². The number of hydrogen-bond donors (Lipinski definition) is 1. The minimum atomic E-state index is 0.105. The molecule has 0 aliphatic carbocycles. The zero-order valence-corrected chi connectivity index (χ0v) is 11.0. The second kappa shape index (κ2) is 4.82. The highest BCUT2D eigenvalue weighted by Gasteiger charge is 2.16. The van der Waals surface area contributed by atoms with Crippen LogP contribution in [-0.4, -0.2) is 21.6 Å². The van der Waals surface area contributed by atoms with E-state index in [2.05, 4.69) is 27.5 Å². The van der Waals surface area contributed by atoms with E-state index in [0.29, 0.717) is 0 Å². The number of aryl methyl sites for hydroxylation is 1. The van der Waals surface area contributed by atoms with Crippen molar-refractivity contribution >= 4 is 5.52 Å². The number of aromatic nitrogens is 3. The van der Waals surface area contributed by atoms with Gasteiger partial charge in [-0.3, -0.25) is 4.98 Å². The molecule has 1 N–H and O–H groups in total. The molecule has 3 aromatic heterocycles. The number of rotatable bonds is 3. The van der Waals surface area contributed by atoms with Crippen LogP contribution < -0.4 is 5.32 Å². The van der Waals surface area contributed by atoms with Crippen LogP contribution in [0.2, 0.25) is 0 Å². The third kappa shape index (κ3) is 2.11. The van der Waals surface area contributed by atoms with E-state index in [1.54, 1.807) is 0 Å². The molecule has 1 unspecified atom stereocenters. The molecule has 0 amide bonds. The first-order chi connectivity index (χ1) is 9.29. The van der Waals surface area contributed by atoms with Crippen LogP contribution in [0.25, 0.3) is 5.52 Å². The maximum absolute atomic E-state index is 4.39. The van der Waals surface area contributed by atoms with Crippen molar-refractivity contribution in [2.45, 2.75) is 13.0 Å². The monoisotopic (exact) mass is 252 g/mol. The molecule has 0 spiro atoms. The Morgan fingerprint density at radius 1 is 1.16 bits per heavy atom. The highest BCUT2D eigenvalue weighted by atomic mass is 15.2. The van der Waals surface area contributed by atoms with E-state index in [9.17, 15) is 0 Å². The van der Waals surface area contributed by atoms with Crippen LogP contribution in [0, 0.1) is 6.92 Å². The largest absolute Gasteiger partial charge is 0.309 e. The van der Waals surface area contributed by atoms with E-state index in [4.69, 9.17) is 0 Å². The van der Waals surface area contributed by atoms with Gasteiger partial charge in [0.2, 0.25) is 0 Å². The van der Waals surface area contributed by atoms with Gasteiger partial charge in [0.1, 0.15) is 0 Å². The number of fused-ring (bicyclic) bond motifs is 1. The fraction of sp³-hybridized carbons (Fsp3) is 0.200. The van der Waals surface area contributed by atoms with Crippen molar-refractivity contribution in [3.05, 3.63) is 65.7 Å². The second-order valence-electron chi connectivity index (χ2n) is 4.58. The van der Waals surface area contributed by atoms with E-state index in [0.717, 1.165) is 22.3 Å². The minimum absolute atomic E-state index is 0.105. The summed E-state index contributed by atoms with van der Waals surface area (Å²) in [4.78, 5) is 4.37. The zero-order valence-electron chi connectivity index (χ0n) is 11.0. The first kappa shape index (κ1) is 11.9. The Balaban J connectivity index is 2.09. The lowest BCUT2D eigenvalue weighted by atomic mass is 10.0. The molecule has 4 nitrogen and oxygen atoms in total. The van der Waals surface area contributed by atoms with Crippen LogP contribution in [0.5, 0.6) is 0 Å². The first-order valence-electron chi connectivity index (χ1n) is 6.31. The molecule has 0 saturated carbocycles. The topological polar surface area (TPSA) is 42.2 Å². The third-order valence-corrected chi connectivity index (χ3v) is 3.32. The Morgan fingerprint density at radius 2 is 2.05 bits per heavy atom. The van der Waals surface area contributed by atoms with E-state index >= 15 is 0 Å². The SMILES string of the molecule is CNC(c1ccc(C)nc1)c1cnn2ccccc12. The number of hydrogen-bond acceptors (Lipinski definition) is 3. The summed E-state index contributed by atoms with van der Waals surface area (Å²) in [5, 5.41) is 7.73. The molecule has 0 aliphatic heterocycles. The van der Waals surface area contributed by atoms with E-state index < -0.39 is 0 Å². The Labute approximate surface area is 112 Å². The predicted octanol–water partition coefficient (Wildman–Crippen LogP) is 2.35. The van der Waals surface area contributed by atoms with Crippen molar-refractivity contribution < 1.29 is 0 Å². The maximum atomic E-state index is 4.39. The first-order valence-corrected chi connectivity index (χ1v) is 6.31. The molecular formula is C15H16N4. The fourth-order valence-corrected chi connectivity index (χ4v) is 2.33. The summed E-state index contributed by atoms with van der Waals surface area (Å²) in [7, 11) is 1.96. The summed E-state index contributed by atoms with van der Waals surface area (Å²) in [6, 6.07) is 10.3. The summed E-state index contributed by atoms with van der Waals surface area (Å²) < 4.78 is 1.89. The van der Waals surface area contributed by atoms with E-state index in [-0.39, 0.29) is 6.04 Å². The Morgan fingerprint density at radius 3 is 2.79 bits per heavy atom. The van der Waals surface area contributed by atoms with Crippen LogP contribution in [0.1, 0.15) is 22.9 Å². The highest BCUT2D eigenvalue weighted by molar-refractivity contribution is 5.56. The predicted molar refractivity (Wildman–Crippen MR) is 75.1 cm³/mol. The molecule has 3 rings (SSSR count). The summed E-state index contributed by atoms with van der Waals surface area (Å²) in [6.07, 6.45) is 5.79. The van der Waals surface area contributed by atoms with Gasteiger partial charge in [0.15, 0.2) is 0 Å². The minimum Gasteiger partial charge on any atom is -0.309 e. The van der Waals surface area contributed by atoms with Crippen molar-refractivity contribution in [2.75, 3.05) is 7.05 Å². The molecule has 19 heavy (non-hydrogen) atoms. The summed E-state index contributed by atoms with van der Waals surface area (Å²) in [5.74, 6) is 0. The number of nitrogens with one attached hydrogen (secondary N) is 1. The average Bonchev–Trinajstić information content (AvgIpc) is 2.86. The van der Waals surface area contributed by atoms with Gasteiger partial charge in [0, 0.05) is 23.7 Å². The normalized spacial score (nSPS) is 12.7. The van der Waals surface area contributed by atoms with Crippen LogP contribution >= 0.6 is 0 Å². The molecule has 0 saturated heterocycles. The molecule has 1 atom stereocenters. The third-order valence-electron chi connectivity index (χ3n) is 3.32. The molecule has 3 aromatic rings. The molecule has 3 heterocycles. The molecular weight excluding hydrogens is 236 g/mol. The van der Waals surface area contributed by atoms with Gasteiger partial charge in [0.05, 0.1) is 17.8 Å². The van der Waals surface area contributed by atoms with Crippen molar-refractivity contribution in [1.82, 2.24) is 19.9 Å². The van der Waals surface area contributed by atoms with Gasteiger partial charge in [-0.2, -0.15) is 5.10 Å². The average molecular weight is 252 g/mol. The Bertz CT molecular complexity index is 685. The molecule has 4 heteroatoms. The van der Waals surface area contributed by atoms with Crippen LogP contribution in [0.4, 0.5) is 0 Å². The Hall–Kier alpha value is -2.20. The van der Waals surface area contributed by atoms with Gasteiger partial charge in [-0.05, 0) is 37.7 Å². The lowest BCUT2D eigenvalue weighted by Crippen LogP contribution is -2.17. The van der Waals surface area contributed by atoms with E-state index in [1.165, 1.54) is 0 Å². The lowest BCUT2D eigenvalue weighted by molar-refractivity contribution is 0.693. The van der Waals surface area contributed by atoms with Gasteiger partial charge in [0.25, 0.3) is 0 Å². The molecule has 0 radical (unpaired) electrons. The lowest BCUT2D eigenvalue weighted by Gasteiger charge is -2.15. The second-order valence-corrected chi connectivity index (χ2v) is 4.58. The van der Waals surface area contributed by atoms with Gasteiger partial charge in [-0.1, -0.05) is 12.1 Å². The summed E-state index contributed by atoms with van der Waals surface area (Å²) >= 11 is 0. The maximum Gasteiger partial charge on any atom is 0.0712 e. The van der Waals surface area contributed by atoms with Crippen molar-refractivity contribution in [3.8, 4) is 0 Å². The van der Waals surface area contributed by atoms with Crippen LogP contribution in [0.15, 0.2) is 48.9 Å². The zero-order chi connectivity index (χ0) is 13.2. The van der Waals surface area contributed by atoms with Crippen molar-refractivity contribution in [1.29, 1.82) is 0 Å². The molecule has 0 aliphatic rings. The summed E-state index contributed by atoms with van der Waals surface area (Å²) in [6.45, 7) is 1.99. The van der Waals surface area contributed by atoms with Gasteiger partial charge < -0.3 is 5.32 Å². The number of nitrogens with zero attached hydrogens (tertiary/aromatic N) is 3. The number of pyridine rings is 2. The van der Waals surface area contributed by atoms with E-state index in [1.807, 2.05) is 55.3 Å². The quantitative estimate of drug-likeness (QED) is 0.778. The molecule has 0 bridgehead atoms. The van der Waals surface area contributed by atoms with Crippen molar-refractivity contribution in [2.24, 2.45) is 0 Å². The van der Waals surface area contributed by atoms with Crippen LogP contribution in [-0.2, 0) is 0 Å². The van der Waals surface area contributed by atoms with Crippen molar-refractivity contribution in [3.63, 3.8) is 0 Å².